The van der Waals surface area contributed by atoms with E-state index in [2.05, 4.69) is 15.0 Å². The number of carbonyl (C=O) groups is 1. The normalized spacial score (nSPS) is 10.6. The van der Waals surface area contributed by atoms with E-state index in [1.807, 2.05) is 31.2 Å². The van der Waals surface area contributed by atoms with Crippen LogP contribution in [-0.4, -0.2) is 23.0 Å². The molecule has 0 saturated carbocycles. The van der Waals surface area contributed by atoms with Gasteiger partial charge >= 0.3 is 11.7 Å². The molecule has 0 fully saturated rings. The number of ether oxygens (including phenoxy) is 1. The number of methoxy groups -OCH3 is 1. The SMILES string of the molecule is COC(=O)c1cnc(NCc2oc3ccccc3c2C)c([N+](=O)[O-])c1. The van der Waals surface area contributed by atoms with E-state index in [0.717, 1.165) is 22.6 Å². The molecule has 2 heterocycles. The molecule has 1 N–H and O–H groups in total. The van der Waals surface area contributed by atoms with Crippen molar-refractivity contribution >= 4 is 28.4 Å². The monoisotopic (exact) mass is 341 g/mol. The number of hydrogen-bond donors (Lipinski definition) is 1. The summed E-state index contributed by atoms with van der Waals surface area (Å²) in [6.45, 7) is 2.15. The van der Waals surface area contributed by atoms with Crippen LogP contribution in [0, 0.1) is 17.0 Å². The van der Waals surface area contributed by atoms with Gasteiger partial charge in [-0.05, 0) is 13.0 Å². The summed E-state index contributed by atoms with van der Waals surface area (Å²) in [5.74, 6) is 0.0298. The van der Waals surface area contributed by atoms with E-state index in [0.29, 0.717) is 5.76 Å². The van der Waals surface area contributed by atoms with Crippen LogP contribution in [0.15, 0.2) is 40.9 Å². The number of aryl methyl sites for hydroxylation is 1. The van der Waals surface area contributed by atoms with E-state index < -0.39 is 10.9 Å². The molecule has 0 aliphatic carbocycles. The Labute approximate surface area is 142 Å². The zero-order chi connectivity index (χ0) is 18.0. The predicted molar refractivity (Wildman–Crippen MR) is 90.5 cm³/mol. The number of pyridine rings is 1. The molecule has 25 heavy (non-hydrogen) atoms. The van der Waals surface area contributed by atoms with Gasteiger partial charge in [0.1, 0.15) is 11.3 Å². The number of furan rings is 1. The van der Waals surface area contributed by atoms with Gasteiger partial charge in [-0.1, -0.05) is 18.2 Å². The lowest BCUT2D eigenvalue weighted by molar-refractivity contribution is -0.384. The zero-order valence-electron chi connectivity index (χ0n) is 13.6. The Hall–Kier alpha value is -3.42. The maximum Gasteiger partial charge on any atom is 0.339 e. The molecule has 1 aromatic carbocycles. The first-order valence-electron chi connectivity index (χ1n) is 7.45. The lowest BCUT2D eigenvalue weighted by atomic mass is 10.1. The molecular formula is C17H15N3O5. The van der Waals surface area contributed by atoms with E-state index in [9.17, 15) is 14.9 Å². The van der Waals surface area contributed by atoms with Crippen LogP contribution in [0.4, 0.5) is 11.5 Å². The largest absolute Gasteiger partial charge is 0.465 e. The van der Waals surface area contributed by atoms with Gasteiger partial charge in [0.25, 0.3) is 0 Å². The van der Waals surface area contributed by atoms with Crippen LogP contribution >= 0.6 is 0 Å². The number of benzene rings is 1. The quantitative estimate of drug-likeness (QED) is 0.430. The number of anilines is 1. The highest BCUT2D eigenvalue weighted by molar-refractivity contribution is 5.90. The van der Waals surface area contributed by atoms with Gasteiger partial charge in [0.05, 0.1) is 24.1 Å². The molecule has 0 aliphatic rings. The standard InChI is InChI=1S/C17H15N3O5/c1-10-12-5-3-4-6-14(12)25-15(10)9-19-16-13(20(22)23)7-11(8-18-16)17(21)24-2/h3-8H,9H2,1-2H3,(H,18,19). The second-order valence-corrected chi connectivity index (χ2v) is 5.34. The second-order valence-electron chi connectivity index (χ2n) is 5.34. The van der Waals surface area contributed by atoms with Gasteiger partial charge in [0, 0.05) is 23.2 Å². The molecule has 8 heteroatoms. The summed E-state index contributed by atoms with van der Waals surface area (Å²) in [7, 11) is 1.20. The fourth-order valence-electron chi connectivity index (χ4n) is 2.52. The number of hydrogen-bond acceptors (Lipinski definition) is 7. The zero-order valence-corrected chi connectivity index (χ0v) is 13.6. The molecule has 0 spiro atoms. The van der Waals surface area contributed by atoms with E-state index in [1.165, 1.54) is 13.3 Å². The van der Waals surface area contributed by atoms with Crippen molar-refractivity contribution < 1.29 is 18.9 Å². The highest BCUT2D eigenvalue weighted by atomic mass is 16.6. The van der Waals surface area contributed by atoms with Crippen LogP contribution in [0.1, 0.15) is 21.7 Å². The lowest BCUT2D eigenvalue weighted by Crippen LogP contribution is -2.08. The van der Waals surface area contributed by atoms with Crippen molar-refractivity contribution in [1.82, 2.24) is 4.98 Å². The second kappa shape index (κ2) is 6.60. The van der Waals surface area contributed by atoms with Crippen LogP contribution in [0.3, 0.4) is 0 Å². The van der Waals surface area contributed by atoms with Gasteiger partial charge in [-0.15, -0.1) is 0 Å². The Balaban J connectivity index is 1.88. The number of nitro groups is 1. The van der Waals surface area contributed by atoms with Gasteiger partial charge in [0.2, 0.25) is 5.82 Å². The van der Waals surface area contributed by atoms with E-state index >= 15 is 0 Å². The van der Waals surface area contributed by atoms with Gasteiger partial charge in [-0.2, -0.15) is 0 Å². The number of rotatable bonds is 5. The number of carbonyl (C=O) groups excluding carboxylic acids is 1. The highest BCUT2D eigenvalue weighted by Gasteiger charge is 2.20. The van der Waals surface area contributed by atoms with Crippen LogP contribution in [0.2, 0.25) is 0 Å². The van der Waals surface area contributed by atoms with Crippen molar-refractivity contribution in [1.29, 1.82) is 0 Å². The molecule has 0 unspecified atom stereocenters. The van der Waals surface area contributed by atoms with Crippen LogP contribution < -0.4 is 5.32 Å². The molecule has 0 amide bonds. The molecule has 3 rings (SSSR count). The molecule has 2 aromatic heterocycles. The van der Waals surface area contributed by atoms with Gasteiger partial charge in [0.15, 0.2) is 0 Å². The van der Waals surface area contributed by atoms with Crippen molar-refractivity contribution in [2.24, 2.45) is 0 Å². The molecule has 128 valence electrons. The first-order valence-corrected chi connectivity index (χ1v) is 7.45. The van der Waals surface area contributed by atoms with Gasteiger partial charge in [-0.25, -0.2) is 9.78 Å². The van der Waals surface area contributed by atoms with Gasteiger partial charge in [-0.3, -0.25) is 10.1 Å². The van der Waals surface area contributed by atoms with Crippen LogP contribution in [0.25, 0.3) is 11.0 Å². The van der Waals surface area contributed by atoms with Crippen molar-refractivity contribution in [3.8, 4) is 0 Å². The third-order valence-electron chi connectivity index (χ3n) is 3.84. The first-order chi connectivity index (χ1) is 12.0. The lowest BCUT2D eigenvalue weighted by Gasteiger charge is -2.06. The maximum atomic E-state index is 11.5. The third-order valence-corrected chi connectivity index (χ3v) is 3.84. The molecule has 0 bridgehead atoms. The summed E-state index contributed by atoms with van der Waals surface area (Å²) < 4.78 is 10.3. The minimum atomic E-state index is -0.685. The van der Waals surface area contributed by atoms with Crippen molar-refractivity contribution in [3.63, 3.8) is 0 Å². The molecular weight excluding hydrogens is 326 g/mol. The number of fused-ring (bicyclic) bond motifs is 1. The fourth-order valence-corrected chi connectivity index (χ4v) is 2.52. The topological polar surface area (TPSA) is 108 Å². The Bertz CT molecular complexity index is 964. The summed E-state index contributed by atoms with van der Waals surface area (Å²) >= 11 is 0. The summed E-state index contributed by atoms with van der Waals surface area (Å²) in [4.78, 5) is 26.1. The summed E-state index contributed by atoms with van der Waals surface area (Å²) in [6.07, 6.45) is 1.23. The Kier molecular flexibility index (Phi) is 4.34. The average Bonchev–Trinajstić information content (AvgIpc) is 2.95. The number of nitrogens with one attached hydrogen (secondary N) is 1. The van der Waals surface area contributed by atoms with Crippen molar-refractivity contribution in [3.05, 3.63) is 63.5 Å². The summed E-state index contributed by atoms with van der Waals surface area (Å²) in [6, 6.07) is 8.73. The van der Waals surface area contributed by atoms with E-state index in [-0.39, 0.29) is 23.6 Å². The average molecular weight is 341 g/mol. The highest BCUT2D eigenvalue weighted by Crippen LogP contribution is 2.27. The number of esters is 1. The molecule has 0 atom stereocenters. The molecule has 3 aromatic rings. The summed E-state index contributed by atoms with van der Waals surface area (Å²) in [5.41, 5.74) is 1.41. The van der Waals surface area contributed by atoms with E-state index in [4.69, 9.17) is 4.42 Å². The van der Waals surface area contributed by atoms with Crippen LogP contribution in [0.5, 0.6) is 0 Å². The smallest absolute Gasteiger partial charge is 0.339 e. The summed E-state index contributed by atoms with van der Waals surface area (Å²) in [5, 5.41) is 15.1. The minimum Gasteiger partial charge on any atom is -0.465 e. The number of nitrogens with zero attached hydrogens (tertiary/aromatic N) is 2. The van der Waals surface area contributed by atoms with Crippen molar-refractivity contribution in [2.45, 2.75) is 13.5 Å². The van der Waals surface area contributed by atoms with E-state index in [1.54, 1.807) is 0 Å². The Morgan fingerprint density at radius 2 is 2.16 bits per heavy atom. The van der Waals surface area contributed by atoms with Crippen LogP contribution in [-0.2, 0) is 11.3 Å². The third kappa shape index (κ3) is 3.14. The van der Waals surface area contributed by atoms with Gasteiger partial charge < -0.3 is 14.5 Å². The van der Waals surface area contributed by atoms with Crippen molar-refractivity contribution in [2.75, 3.05) is 12.4 Å². The number of aromatic nitrogens is 1. The Morgan fingerprint density at radius 1 is 1.40 bits per heavy atom. The first kappa shape index (κ1) is 16.4. The molecule has 8 nitrogen and oxygen atoms in total. The predicted octanol–water partition coefficient (Wildman–Crippen LogP) is 3.44. The Morgan fingerprint density at radius 3 is 2.84 bits per heavy atom. The molecule has 0 radical (unpaired) electrons. The molecule has 0 aliphatic heterocycles. The minimum absolute atomic E-state index is 0.0136. The molecule has 0 saturated heterocycles. The number of para-hydroxylation sites is 1. The maximum absolute atomic E-state index is 11.5. The fraction of sp³-hybridized carbons (Fsp3) is 0.176.